The van der Waals surface area contributed by atoms with Crippen LogP contribution in [0, 0.1) is 0 Å². The van der Waals surface area contributed by atoms with Crippen molar-refractivity contribution in [2.24, 2.45) is 5.10 Å². The Hall–Kier alpha value is -3.55. The van der Waals surface area contributed by atoms with E-state index in [9.17, 15) is 9.59 Å². The molecule has 8 heteroatoms. The van der Waals surface area contributed by atoms with Gasteiger partial charge in [-0.3, -0.25) is 9.59 Å². The van der Waals surface area contributed by atoms with Crippen molar-refractivity contribution in [1.29, 1.82) is 0 Å². The highest BCUT2D eigenvalue weighted by Gasteiger charge is 2.09. The molecule has 2 aromatic rings. The smallest absolute Gasteiger partial charge is 0.240 e. The van der Waals surface area contributed by atoms with E-state index >= 15 is 0 Å². The van der Waals surface area contributed by atoms with E-state index in [0.29, 0.717) is 22.9 Å². The predicted octanol–water partition coefficient (Wildman–Crippen LogP) is 2.58. The van der Waals surface area contributed by atoms with Crippen LogP contribution in [0.4, 0.5) is 5.69 Å². The number of hydrazone groups is 1. The number of nitrogens with zero attached hydrogens (tertiary/aromatic N) is 1. The van der Waals surface area contributed by atoms with E-state index < -0.39 is 0 Å². The van der Waals surface area contributed by atoms with E-state index in [1.165, 1.54) is 20.4 Å². The molecule has 0 aliphatic heterocycles. The van der Waals surface area contributed by atoms with Gasteiger partial charge in [0.15, 0.2) is 11.5 Å². The maximum Gasteiger partial charge on any atom is 0.240 e. The molecule has 2 N–H and O–H groups in total. The Morgan fingerprint density at radius 3 is 2.29 bits per heavy atom. The maximum atomic E-state index is 12.0. The zero-order chi connectivity index (χ0) is 20.4. The number of benzene rings is 2. The fourth-order valence-corrected chi connectivity index (χ4v) is 2.36. The molecule has 0 aliphatic carbocycles. The summed E-state index contributed by atoms with van der Waals surface area (Å²) >= 11 is 0. The van der Waals surface area contributed by atoms with Crippen molar-refractivity contribution in [3.05, 3.63) is 48.0 Å². The van der Waals surface area contributed by atoms with Crippen molar-refractivity contribution in [3.63, 3.8) is 0 Å². The molecule has 0 spiro atoms. The summed E-state index contributed by atoms with van der Waals surface area (Å²) in [5, 5.41) is 6.60. The molecular weight excluding hydrogens is 362 g/mol. The number of carbonyl (C=O) groups is 2. The van der Waals surface area contributed by atoms with Gasteiger partial charge in [0.1, 0.15) is 5.75 Å². The number of ether oxygens (including phenoxy) is 3. The molecular formula is C20H23N3O5. The zero-order valence-corrected chi connectivity index (χ0v) is 16.0. The minimum absolute atomic E-state index is 0.00422. The molecule has 2 aromatic carbocycles. The topological polar surface area (TPSA) is 98.2 Å². The van der Waals surface area contributed by atoms with Gasteiger partial charge in [-0.25, -0.2) is 5.43 Å². The number of methoxy groups -OCH3 is 3. The quantitative estimate of drug-likeness (QED) is 0.511. The molecule has 2 rings (SSSR count). The lowest BCUT2D eigenvalue weighted by Gasteiger charge is -2.09. The van der Waals surface area contributed by atoms with Gasteiger partial charge in [0, 0.05) is 12.8 Å². The molecule has 0 fully saturated rings. The van der Waals surface area contributed by atoms with E-state index in [0.717, 1.165) is 5.56 Å². The molecule has 28 heavy (non-hydrogen) atoms. The molecule has 0 saturated heterocycles. The minimum Gasteiger partial charge on any atom is -0.495 e. The molecule has 8 nitrogen and oxygen atoms in total. The lowest BCUT2D eigenvalue weighted by Crippen LogP contribution is -2.20. The maximum absolute atomic E-state index is 12.0. The second-order valence-corrected chi connectivity index (χ2v) is 5.66. The van der Waals surface area contributed by atoms with Gasteiger partial charge >= 0.3 is 0 Å². The monoisotopic (exact) mass is 385 g/mol. The molecule has 0 bridgehead atoms. The number of nitrogens with one attached hydrogen (secondary N) is 2. The summed E-state index contributed by atoms with van der Waals surface area (Å²) in [5.41, 5.74) is 3.68. The molecule has 0 saturated carbocycles. The predicted molar refractivity (Wildman–Crippen MR) is 106 cm³/mol. The van der Waals surface area contributed by atoms with E-state index in [2.05, 4.69) is 15.8 Å². The number of rotatable bonds is 9. The minimum atomic E-state index is -0.369. The Labute approximate surface area is 163 Å². The summed E-state index contributed by atoms with van der Waals surface area (Å²) in [7, 11) is 4.61. The van der Waals surface area contributed by atoms with Gasteiger partial charge < -0.3 is 19.5 Å². The molecule has 0 radical (unpaired) electrons. The Morgan fingerprint density at radius 2 is 1.57 bits per heavy atom. The van der Waals surface area contributed by atoms with Gasteiger partial charge in [0.2, 0.25) is 11.8 Å². The highest BCUT2D eigenvalue weighted by atomic mass is 16.5. The van der Waals surface area contributed by atoms with Crippen LogP contribution in [0.2, 0.25) is 0 Å². The first-order chi connectivity index (χ1) is 13.6. The first kappa shape index (κ1) is 20.8. The van der Waals surface area contributed by atoms with Crippen molar-refractivity contribution in [2.45, 2.75) is 12.8 Å². The fraction of sp³-hybridized carbons (Fsp3) is 0.250. The molecule has 0 heterocycles. The first-order valence-electron chi connectivity index (χ1n) is 8.54. The Bertz CT molecular complexity index is 851. The number of para-hydroxylation sites is 2. The first-order valence-corrected chi connectivity index (χ1v) is 8.54. The van der Waals surface area contributed by atoms with Crippen LogP contribution in [0.25, 0.3) is 0 Å². The fourth-order valence-electron chi connectivity index (χ4n) is 2.36. The van der Waals surface area contributed by atoms with Crippen molar-refractivity contribution < 1.29 is 23.8 Å². The standard InChI is InChI=1S/C20H23N3O5/c1-26-16-7-5-4-6-15(16)22-19(24)10-11-20(25)23-21-13-14-8-9-17(27-2)18(12-14)28-3/h4-9,12-13H,10-11H2,1-3H3,(H,22,24)(H,23,25)/b21-13+. The van der Waals surface area contributed by atoms with Crippen LogP contribution in [0.15, 0.2) is 47.6 Å². The molecule has 0 atom stereocenters. The van der Waals surface area contributed by atoms with Crippen molar-refractivity contribution in [1.82, 2.24) is 5.43 Å². The summed E-state index contributed by atoms with van der Waals surface area (Å²) in [6, 6.07) is 12.3. The van der Waals surface area contributed by atoms with E-state index in [4.69, 9.17) is 14.2 Å². The van der Waals surface area contributed by atoms with Crippen molar-refractivity contribution >= 4 is 23.7 Å². The van der Waals surface area contributed by atoms with Gasteiger partial charge in [-0.1, -0.05) is 12.1 Å². The van der Waals surface area contributed by atoms with E-state index in [1.54, 1.807) is 49.6 Å². The second-order valence-electron chi connectivity index (χ2n) is 5.66. The van der Waals surface area contributed by atoms with Crippen LogP contribution in [0.5, 0.6) is 17.2 Å². The summed E-state index contributed by atoms with van der Waals surface area (Å²) in [5.74, 6) is 1.06. The largest absolute Gasteiger partial charge is 0.495 e. The normalized spacial score (nSPS) is 10.4. The SMILES string of the molecule is COc1ccccc1NC(=O)CCC(=O)N/N=C/c1ccc(OC)c(OC)c1. The van der Waals surface area contributed by atoms with E-state index in [-0.39, 0.29) is 24.7 Å². The molecule has 0 unspecified atom stereocenters. The molecule has 0 aromatic heterocycles. The Morgan fingerprint density at radius 1 is 0.893 bits per heavy atom. The van der Waals surface area contributed by atoms with Crippen LogP contribution >= 0.6 is 0 Å². The number of hydrogen-bond donors (Lipinski definition) is 2. The third-order valence-electron chi connectivity index (χ3n) is 3.77. The summed E-state index contributed by atoms with van der Waals surface area (Å²) in [6.07, 6.45) is 1.51. The number of carbonyl (C=O) groups excluding carboxylic acids is 2. The van der Waals surface area contributed by atoms with Gasteiger partial charge in [0.25, 0.3) is 0 Å². The highest BCUT2D eigenvalue weighted by Crippen LogP contribution is 2.26. The molecule has 148 valence electrons. The van der Waals surface area contributed by atoms with Crippen LogP contribution in [0.3, 0.4) is 0 Å². The van der Waals surface area contributed by atoms with Crippen molar-refractivity contribution in [2.75, 3.05) is 26.6 Å². The lowest BCUT2D eigenvalue weighted by molar-refractivity contribution is -0.124. The van der Waals surface area contributed by atoms with Crippen LogP contribution < -0.4 is 25.0 Å². The molecule has 2 amide bonds. The molecule has 0 aliphatic rings. The van der Waals surface area contributed by atoms with Crippen LogP contribution in [0.1, 0.15) is 18.4 Å². The third-order valence-corrected chi connectivity index (χ3v) is 3.77. The second kappa shape index (κ2) is 10.6. The van der Waals surface area contributed by atoms with Crippen LogP contribution in [-0.4, -0.2) is 39.4 Å². The summed E-state index contributed by atoms with van der Waals surface area (Å²) in [6.45, 7) is 0. The number of amides is 2. The summed E-state index contributed by atoms with van der Waals surface area (Å²) < 4.78 is 15.5. The zero-order valence-electron chi connectivity index (χ0n) is 16.0. The lowest BCUT2D eigenvalue weighted by atomic mass is 10.2. The van der Waals surface area contributed by atoms with Gasteiger partial charge in [-0.05, 0) is 35.9 Å². The van der Waals surface area contributed by atoms with Gasteiger partial charge in [-0.2, -0.15) is 5.10 Å². The summed E-state index contributed by atoms with van der Waals surface area (Å²) in [4.78, 5) is 23.9. The Kier molecular flexibility index (Phi) is 7.83. The van der Waals surface area contributed by atoms with E-state index in [1.807, 2.05) is 0 Å². The van der Waals surface area contributed by atoms with Crippen molar-refractivity contribution in [3.8, 4) is 17.2 Å². The number of anilines is 1. The third kappa shape index (κ3) is 6.01. The van der Waals surface area contributed by atoms with Gasteiger partial charge in [-0.15, -0.1) is 0 Å². The highest BCUT2D eigenvalue weighted by molar-refractivity contribution is 5.94. The average Bonchev–Trinajstić information content (AvgIpc) is 2.72. The van der Waals surface area contributed by atoms with Crippen LogP contribution in [-0.2, 0) is 9.59 Å². The number of hydrogen-bond acceptors (Lipinski definition) is 6. The Balaban J connectivity index is 1.81. The average molecular weight is 385 g/mol. The van der Waals surface area contributed by atoms with Gasteiger partial charge in [0.05, 0.1) is 33.2 Å².